The minimum absolute atomic E-state index is 0.133. The van der Waals surface area contributed by atoms with Crippen LogP contribution >= 0.6 is 23.2 Å². The van der Waals surface area contributed by atoms with Crippen LogP contribution in [-0.2, 0) is 9.59 Å². The zero-order valence-corrected chi connectivity index (χ0v) is 22.5. The quantitative estimate of drug-likeness (QED) is 0.119. The van der Waals surface area contributed by atoms with Gasteiger partial charge in [-0.25, -0.2) is 0 Å². The number of allylic oxidation sites excluding steroid dienone is 11. The summed E-state index contributed by atoms with van der Waals surface area (Å²) in [5, 5.41) is 10.4. The van der Waals surface area contributed by atoms with Gasteiger partial charge in [0.25, 0.3) is 0 Å². The van der Waals surface area contributed by atoms with Crippen LogP contribution < -0.4 is 16.1 Å². The number of carbonyl (C=O) groups is 2. The van der Waals surface area contributed by atoms with E-state index < -0.39 is 5.92 Å². The van der Waals surface area contributed by atoms with Gasteiger partial charge in [0.15, 0.2) is 5.84 Å². The number of amides is 2. The normalized spacial score (nSPS) is 19.0. The lowest BCUT2D eigenvalue weighted by molar-refractivity contribution is -0.125. The molecule has 0 aromatic heterocycles. The zero-order valence-electron chi connectivity index (χ0n) is 21.0. The fraction of sp³-hybridized carbons (Fsp3) is 0.370. The van der Waals surface area contributed by atoms with E-state index in [4.69, 9.17) is 23.2 Å². The third-order valence-corrected chi connectivity index (χ3v) is 5.53. The van der Waals surface area contributed by atoms with Crippen LogP contribution in [-0.4, -0.2) is 30.1 Å². The second kappa shape index (κ2) is 16.7. The van der Waals surface area contributed by atoms with Crippen molar-refractivity contribution in [3.05, 3.63) is 82.6 Å². The number of rotatable bonds is 9. The molecule has 1 atom stereocenters. The number of hydrogen-bond donors (Lipinski definition) is 3. The van der Waals surface area contributed by atoms with Crippen LogP contribution in [0.3, 0.4) is 0 Å². The van der Waals surface area contributed by atoms with Crippen LogP contribution in [0.1, 0.15) is 47.0 Å². The molecule has 2 aliphatic rings. The molecule has 0 aromatic carbocycles. The van der Waals surface area contributed by atoms with Gasteiger partial charge in [0, 0.05) is 23.9 Å². The molecule has 0 saturated carbocycles. The first-order chi connectivity index (χ1) is 16.9. The van der Waals surface area contributed by atoms with Crippen LogP contribution in [0.4, 0.5) is 0 Å². The number of amidine groups is 1. The smallest absolute Gasteiger partial charge is 0.230 e. The van der Waals surface area contributed by atoms with E-state index in [9.17, 15) is 9.59 Å². The van der Waals surface area contributed by atoms with Gasteiger partial charge >= 0.3 is 0 Å². The average molecular weight is 520 g/mol. The van der Waals surface area contributed by atoms with Crippen molar-refractivity contribution in [2.75, 3.05) is 12.4 Å². The zero-order chi connectivity index (χ0) is 26.2. The Balaban J connectivity index is 0.00000298. The van der Waals surface area contributed by atoms with Crippen molar-refractivity contribution < 1.29 is 9.59 Å². The van der Waals surface area contributed by atoms with Crippen molar-refractivity contribution in [2.24, 2.45) is 11.0 Å². The van der Waals surface area contributed by atoms with Gasteiger partial charge in [0.2, 0.25) is 11.8 Å². The van der Waals surface area contributed by atoms with E-state index in [2.05, 4.69) is 39.9 Å². The Hall–Kier alpha value is -2.83. The van der Waals surface area contributed by atoms with Crippen molar-refractivity contribution in [1.29, 1.82) is 0 Å². The van der Waals surface area contributed by atoms with Gasteiger partial charge in [-0.3, -0.25) is 15.0 Å². The predicted molar refractivity (Wildman–Crippen MR) is 148 cm³/mol. The predicted octanol–water partition coefficient (Wildman–Crippen LogP) is 5.77. The molecule has 0 spiro atoms. The van der Waals surface area contributed by atoms with Gasteiger partial charge in [-0.1, -0.05) is 74.1 Å². The van der Waals surface area contributed by atoms with Crippen molar-refractivity contribution in [3.8, 4) is 0 Å². The maximum atomic E-state index is 12.7. The minimum Gasteiger partial charge on any atom is -0.355 e. The molecule has 1 aliphatic heterocycles. The van der Waals surface area contributed by atoms with Crippen molar-refractivity contribution in [1.82, 2.24) is 16.1 Å². The topological polar surface area (TPSA) is 82.6 Å². The summed E-state index contributed by atoms with van der Waals surface area (Å²) in [4.78, 5) is 24.3. The number of nitrogens with zero attached hydrogens (tertiary/aromatic N) is 1. The number of carbonyl (C=O) groups excluding carboxylic acids is 2. The lowest BCUT2D eigenvalue weighted by Gasteiger charge is -2.12. The largest absolute Gasteiger partial charge is 0.355 e. The molecule has 35 heavy (non-hydrogen) atoms. The average Bonchev–Trinajstić information content (AvgIpc) is 3.16. The molecule has 6 nitrogen and oxygen atoms in total. The molecule has 0 radical (unpaired) electrons. The van der Waals surface area contributed by atoms with E-state index in [1.807, 2.05) is 39.8 Å². The van der Waals surface area contributed by atoms with E-state index >= 15 is 0 Å². The summed E-state index contributed by atoms with van der Waals surface area (Å²) in [5.41, 5.74) is 6.71. The molecule has 1 saturated heterocycles. The van der Waals surface area contributed by atoms with Gasteiger partial charge in [-0.15, -0.1) is 11.6 Å². The van der Waals surface area contributed by atoms with Crippen LogP contribution in [0.2, 0.25) is 0 Å². The third kappa shape index (κ3) is 11.0. The molecular weight excluding hydrogens is 483 g/mol. The van der Waals surface area contributed by atoms with E-state index in [1.54, 1.807) is 18.2 Å². The van der Waals surface area contributed by atoms with Gasteiger partial charge in [-0.2, -0.15) is 5.10 Å². The molecule has 1 aliphatic carbocycles. The molecule has 8 heteroatoms. The highest BCUT2D eigenvalue weighted by molar-refractivity contribution is 6.31. The Morgan fingerprint density at radius 1 is 1.34 bits per heavy atom. The first-order valence-corrected chi connectivity index (χ1v) is 12.7. The summed E-state index contributed by atoms with van der Waals surface area (Å²) in [6, 6.07) is 0. The molecule has 0 bridgehead atoms. The Morgan fingerprint density at radius 3 is 2.69 bits per heavy atom. The van der Waals surface area contributed by atoms with E-state index in [0.29, 0.717) is 29.0 Å². The molecule has 3 N–H and O–H groups in total. The van der Waals surface area contributed by atoms with Gasteiger partial charge in [-0.05, 0) is 50.0 Å². The SMILES string of the molecule is C=C/C(Cl)=C\C(=C/C)N/N=C(\C=C(/C)C1=CC=CCC(CCCl)=C1)NC(=O)[C@@H]1CNC(=O)C1.CC. The molecule has 2 rings (SSSR count). The molecule has 1 heterocycles. The van der Waals surface area contributed by atoms with Crippen molar-refractivity contribution in [2.45, 2.75) is 47.0 Å². The maximum Gasteiger partial charge on any atom is 0.230 e. The highest BCUT2D eigenvalue weighted by Gasteiger charge is 2.28. The monoisotopic (exact) mass is 518 g/mol. The van der Waals surface area contributed by atoms with Gasteiger partial charge in [0.05, 0.1) is 11.6 Å². The Bertz CT molecular complexity index is 985. The highest BCUT2D eigenvalue weighted by Crippen LogP contribution is 2.21. The van der Waals surface area contributed by atoms with Crippen LogP contribution in [0, 0.1) is 5.92 Å². The summed E-state index contributed by atoms with van der Waals surface area (Å²) in [5.74, 6) is 0.0337. The fourth-order valence-electron chi connectivity index (χ4n) is 3.17. The molecule has 0 aromatic rings. The Kier molecular flexibility index (Phi) is 14.4. The number of nitrogens with one attached hydrogen (secondary N) is 3. The van der Waals surface area contributed by atoms with E-state index in [-0.39, 0.29) is 18.2 Å². The lowest BCUT2D eigenvalue weighted by atomic mass is 10.0. The standard InChI is InChI=1S/C25H30Cl2N4O2.C2H6/c1-4-21(27)15-22(5-2)30-31-23(29-25(33)20-14-24(32)28-16-20)12-17(3)19-9-7-6-8-18(13-19)10-11-26;1-2/h4-7,9,12-13,15,20,30H,1,8,10-11,14,16H2,2-3H3,(H,28,32)(H,29,31,33);1-2H3/b17-12+,21-15+,22-5+;/t20-;/m0./s1. The minimum atomic E-state index is -0.442. The summed E-state index contributed by atoms with van der Waals surface area (Å²) >= 11 is 12.0. The van der Waals surface area contributed by atoms with Crippen LogP contribution in [0.25, 0.3) is 0 Å². The van der Waals surface area contributed by atoms with E-state index in [1.165, 1.54) is 11.6 Å². The van der Waals surface area contributed by atoms with Crippen molar-refractivity contribution >= 4 is 40.9 Å². The first kappa shape index (κ1) is 30.2. The molecule has 1 fully saturated rings. The molecule has 0 unspecified atom stereocenters. The maximum absolute atomic E-state index is 12.7. The lowest BCUT2D eigenvalue weighted by Crippen LogP contribution is -2.36. The summed E-state index contributed by atoms with van der Waals surface area (Å²) in [6.07, 6.45) is 16.8. The third-order valence-electron chi connectivity index (χ3n) is 5.08. The molecule has 2 amide bonds. The van der Waals surface area contributed by atoms with Crippen molar-refractivity contribution in [3.63, 3.8) is 0 Å². The molecular formula is C27H36Cl2N4O2. The molecule has 190 valence electrons. The summed E-state index contributed by atoms with van der Waals surface area (Å²) < 4.78 is 0. The summed E-state index contributed by atoms with van der Waals surface area (Å²) in [6.45, 7) is 11.7. The summed E-state index contributed by atoms with van der Waals surface area (Å²) in [7, 11) is 0. The van der Waals surface area contributed by atoms with Gasteiger partial charge < -0.3 is 10.6 Å². The number of halogens is 2. The Morgan fingerprint density at radius 2 is 2.09 bits per heavy atom. The second-order valence-corrected chi connectivity index (χ2v) is 8.42. The highest BCUT2D eigenvalue weighted by atomic mass is 35.5. The van der Waals surface area contributed by atoms with Crippen LogP contribution in [0.5, 0.6) is 0 Å². The second-order valence-electron chi connectivity index (χ2n) is 7.60. The number of alkyl halides is 1. The van der Waals surface area contributed by atoms with E-state index in [0.717, 1.165) is 24.0 Å². The van der Waals surface area contributed by atoms with Gasteiger partial charge in [0.1, 0.15) is 0 Å². The fourth-order valence-corrected chi connectivity index (χ4v) is 3.54. The number of hydrazone groups is 1. The number of hydrogen-bond acceptors (Lipinski definition) is 4. The first-order valence-electron chi connectivity index (χ1n) is 11.7. The van der Waals surface area contributed by atoms with Crippen LogP contribution in [0.15, 0.2) is 87.7 Å². The Labute approximate surface area is 219 Å².